The summed E-state index contributed by atoms with van der Waals surface area (Å²) < 4.78 is 1.78. The second kappa shape index (κ2) is 4.07. The molecular formula is C8H14N+. The van der Waals surface area contributed by atoms with Gasteiger partial charge < -0.3 is 0 Å². The fraction of sp³-hybridized carbons (Fsp3) is 0.375. The maximum atomic E-state index is 3.68. The van der Waals surface area contributed by atoms with Crippen LogP contribution in [0.3, 0.4) is 0 Å². The Labute approximate surface area is 57.0 Å². The molecule has 0 spiro atoms. The summed E-state index contributed by atoms with van der Waals surface area (Å²) >= 11 is 0. The Balaban J connectivity index is 4.07. The Bertz CT molecular complexity index is 143. The van der Waals surface area contributed by atoms with Crippen LogP contribution in [0.15, 0.2) is 24.4 Å². The molecule has 0 N–H and O–H groups in total. The molecule has 0 aromatic rings. The van der Waals surface area contributed by atoms with Gasteiger partial charge in [0, 0.05) is 5.57 Å². The largest absolute Gasteiger partial charge is 0.214 e. The predicted molar refractivity (Wildman–Crippen MR) is 41.9 cm³/mol. The summed E-state index contributed by atoms with van der Waals surface area (Å²) in [6.07, 6.45) is 4.83. The van der Waals surface area contributed by atoms with E-state index in [0.29, 0.717) is 0 Å². The molecule has 0 fully saturated rings. The van der Waals surface area contributed by atoms with Crippen molar-refractivity contribution >= 4 is 6.72 Å². The van der Waals surface area contributed by atoms with Crippen LogP contribution < -0.4 is 0 Å². The van der Waals surface area contributed by atoms with E-state index in [1.54, 1.807) is 4.58 Å². The van der Waals surface area contributed by atoms with E-state index >= 15 is 0 Å². The van der Waals surface area contributed by atoms with Gasteiger partial charge in [-0.15, -0.1) is 0 Å². The summed E-state index contributed by atoms with van der Waals surface area (Å²) in [6, 6.07) is 0. The second-order valence-electron chi connectivity index (χ2n) is 2.02. The minimum atomic E-state index is 1.02. The summed E-state index contributed by atoms with van der Waals surface area (Å²) in [4.78, 5) is 0. The van der Waals surface area contributed by atoms with Crippen LogP contribution in [0.4, 0.5) is 0 Å². The molecule has 0 rings (SSSR count). The number of hydrogen-bond acceptors (Lipinski definition) is 0. The molecule has 9 heavy (non-hydrogen) atoms. The van der Waals surface area contributed by atoms with E-state index in [4.69, 9.17) is 0 Å². The van der Waals surface area contributed by atoms with Gasteiger partial charge in [-0.2, -0.15) is 0 Å². The zero-order chi connectivity index (χ0) is 7.28. The van der Waals surface area contributed by atoms with Gasteiger partial charge in [0.25, 0.3) is 0 Å². The summed E-state index contributed by atoms with van der Waals surface area (Å²) in [7, 11) is 1.90. The van der Waals surface area contributed by atoms with E-state index in [-0.39, 0.29) is 0 Å². The van der Waals surface area contributed by atoms with Crippen molar-refractivity contribution in [2.24, 2.45) is 0 Å². The lowest BCUT2D eigenvalue weighted by Crippen LogP contribution is -1.91. The third-order valence-corrected chi connectivity index (χ3v) is 1.06. The van der Waals surface area contributed by atoms with Crippen molar-refractivity contribution in [2.45, 2.75) is 13.3 Å². The molecule has 1 nitrogen and oxygen atoms in total. The van der Waals surface area contributed by atoms with E-state index in [1.165, 1.54) is 5.57 Å². The minimum Gasteiger partial charge on any atom is -0.214 e. The van der Waals surface area contributed by atoms with E-state index in [1.807, 2.05) is 19.3 Å². The van der Waals surface area contributed by atoms with Crippen LogP contribution in [0.2, 0.25) is 0 Å². The molecular weight excluding hydrogens is 110 g/mol. The van der Waals surface area contributed by atoms with Gasteiger partial charge in [-0.1, -0.05) is 19.6 Å². The third-order valence-electron chi connectivity index (χ3n) is 1.06. The van der Waals surface area contributed by atoms with E-state index < -0.39 is 0 Å². The van der Waals surface area contributed by atoms with Gasteiger partial charge in [0.15, 0.2) is 6.20 Å². The van der Waals surface area contributed by atoms with Gasteiger partial charge in [0.1, 0.15) is 13.8 Å². The second-order valence-corrected chi connectivity index (χ2v) is 2.02. The van der Waals surface area contributed by atoms with Crippen molar-refractivity contribution < 1.29 is 4.58 Å². The molecule has 0 heterocycles. The summed E-state index contributed by atoms with van der Waals surface area (Å²) in [6.45, 7) is 9.44. The van der Waals surface area contributed by atoms with Crippen molar-refractivity contribution in [3.8, 4) is 0 Å². The Morgan fingerprint density at radius 3 is 2.33 bits per heavy atom. The normalized spacial score (nSPS) is 11.1. The first-order valence-corrected chi connectivity index (χ1v) is 3.07. The topological polar surface area (TPSA) is 3.01 Å². The first-order valence-electron chi connectivity index (χ1n) is 3.07. The molecule has 50 valence electrons. The molecule has 0 aromatic heterocycles. The Morgan fingerprint density at radius 2 is 2.22 bits per heavy atom. The molecule has 0 aromatic carbocycles. The highest BCUT2D eigenvalue weighted by Crippen LogP contribution is 1.99. The first-order chi connectivity index (χ1) is 4.20. The summed E-state index contributed by atoms with van der Waals surface area (Å²) in [5, 5.41) is 0. The first kappa shape index (κ1) is 8.15. The molecule has 0 aliphatic heterocycles. The lowest BCUT2D eigenvalue weighted by Gasteiger charge is -1.89. The predicted octanol–water partition coefficient (Wildman–Crippen LogP) is 1.81. The average Bonchev–Trinajstić information content (AvgIpc) is 1.82. The van der Waals surface area contributed by atoms with E-state index in [9.17, 15) is 0 Å². The lowest BCUT2D eigenvalue weighted by atomic mass is 10.2. The van der Waals surface area contributed by atoms with Crippen LogP contribution in [-0.2, 0) is 0 Å². The Hall–Kier alpha value is -0.850. The number of nitrogens with zero attached hydrogens (tertiary/aromatic N) is 1. The monoisotopic (exact) mass is 124 g/mol. The maximum absolute atomic E-state index is 3.68. The quantitative estimate of drug-likeness (QED) is 0.306. The maximum Gasteiger partial charge on any atom is 0.171 e. The minimum absolute atomic E-state index is 1.02. The van der Waals surface area contributed by atoms with Crippen LogP contribution in [0.5, 0.6) is 0 Å². The number of rotatable bonds is 3. The van der Waals surface area contributed by atoms with Gasteiger partial charge in [-0.05, 0) is 6.42 Å². The standard InChI is InChI=1S/C8H14N/c1-5-8(6-2)7-9(3)4/h5,7H,1,3,6H2,2,4H3/q+1/b8-7+. The van der Waals surface area contributed by atoms with Crippen LogP contribution in [-0.4, -0.2) is 18.3 Å². The molecule has 0 unspecified atom stereocenters. The summed E-state index contributed by atoms with van der Waals surface area (Å²) in [5.41, 5.74) is 1.22. The van der Waals surface area contributed by atoms with Crippen molar-refractivity contribution in [1.82, 2.24) is 0 Å². The SMILES string of the molecule is C=C/C(=C\[N+](=C)C)CC. The van der Waals surface area contributed by atoms with Gasteiger partial charge in [0.2, 0.25) is 0 Å². The average molecular weight is 124 g/mol. The number of allylic oxidation sites excluding steroid dienone is 2. The molecule has 0 bridgehead atoms. The third kappa shape index (κ3) is 3.71. The van der Waals surface area contributed by atoms with Gasteiger partial charge in [0.05, 0.1) is 0 Å². The molecule has 0 saturated carbocycles. The smallest absolute Gasteiger partial charge is 0.171 e. The van der Waals surface area contributed by atoms with Crippen LogP contribution in [0.25, 0.3) is 0 Å². The van der Waals surface area contributed by atoms with Gasteiger partial charge >= 0.3 is 0 Å². The summed E-state index contributed by atoms with van der Waals surface area (Å²) in [5.74, 6) is 0. The zero-order valence-corrected chi connectivity index (χ0v) is 6.22. The van der Waals surface area contributed by atoms with Crippen LogP contribution in [0.1, 0.15) is 13.3 Å². The highest BCUT2D eigenvalue weighted by atomic mass is 14.9. The van der Waals surface area contributed by atoms with Gasteiger partial charge in [-0.25, -0.2) is 4.58 Å². The molecule has 0 aliphatic carbocycles. The Kier molecular flexibility index (Phi) is 3.69. The van der Waals surface area contributed by atoms with Crippen molar-refractivity contribution in [3.05, 3.63) is 24.4 Å². The highest BCUT2D eigenvalue weighted by molar-refractivity contribution is 5.18. The number of hydrogen-bond donors (Lipinski definition) is 0. The Morgan fingerprint density at radius 1 is 1.67 bits per heavy atom. The van der Waals surface area contributed by atoms with Crippen LogP contribution >= 0.6 is 0 Å². The molecule has 1 heteroatoms. The molecule has 0 saturated heterocycles. The van der Waals surface area contributed by atoms with Gasteiger partial charge in [-0.3, -0.25) is 0 Å². The molecule has 0 amide bonds. The van der Waals surface area contributed by atoms with Crippen molar-refractivity contribution in [1.29, 1.82) is 0 Å². The van der Waals surface area contributed by atoms with E-state index in [0.717, 1.165) is 6.42 Å². The fourth-order valence-corrected chi connectivity index (χ4v) is 0.571. The van der Waals surface area contributed by atoms with Crippen molar-refractivity contribution in [3.63, 3.8) is 0 Å². The molecule has 0 aliphatic rings. The van der Waals surface area contributed by atoms with E-state index in [2.05, 4.69) is 20.2 Å². The molecule has 0 atom stereocenters. The fourth-order valence-electron chi connectivity index (χ4n) is 0.571. The van der Waals surface area contributed by atoms with Crippen molar-refractivity contribution in [2.75, 3.05) is 7.05 Å². The molecule has 0 radical (unpaired) electrons. The highest BCUT2D eigenvalue weighted by Gasteiger charge is 1.89. The van der Waals surface area contributed by atoms with Crippen LogP contribution in [0, 0.1) is 0 Å². The lowest BCUT2D eigenvalue weighted by molar-refractivity contribution is -0.412. The zero-order valence-electron chi connectivity index (χ0n) is 6.22.